The molecule has 0 aliphatic heterocycles. The van der Waals surface area contributed by atoms with E-state index in [-0.39, 0.29) is 0 Å². The monoisotopic (exact) mass is 244 g/mol. The molecule has 0 fully saturated rings. The third-order valence-corrected chi connectivity index (χ3v) is 3.44. The molecule has 0 aliphatic rings. The van der Waals surface area contributed by atoms with Gasteiger partial charge in [0.25, 0.3) is 0 Å². The summed E-state index contributed by atoms with van der Waals surface area (Å²) in [4.78, 5) is 0. The highest BCUT2D eigenvalue weighted by Crippen LogP contribution is 2.19. The largest absolute Gasteiger partial charge is 0.385 e. The minimum absolute atomic E-state index is 0.377. The second-order valence-corrected chi connectivity index (χ2v) is 5.65. The Morgan fingerprint density at radius 3 is 2.06 bits per heavy atom. The van der Waals surface area contributed by atoms with E-state index in [9.17, 15) is 0 Å². The van der Waals surface area contributed by atoms with Gasteiger partial charge in [-0.3, -0.25) is 0 Å². The lowest BCUT2D eigenvalue weighted by atomic mass is 9.94. The van der Waals surface area contributed by atoms with Crippen molar-refractivity contribution in [1.82, 2.24) is 0 Å². The van der Waals surface area contributed by atoms with Gasteiger partial charge in [0.15, 0.2) is 0 Å². The van der Waals surface area contributed by atoms with E-state index in [4.69, 9.17) is 9.47 Å². The van der Waals surface area contributed by atoms with E-state index in [1.165, 1.54) is 32.1 Å². The molecule has 0 heterocycles. The molecule has 17 heavy (non-hydrogen) atoms. The number of methoxy groups -OCH3 is 2. The average molecular weight is 244 g/mol. The molecular formula is C15H32O2. The SMILES string of the molecule is COCCC(CCC(C)CCCC(C)C)OC. The van der Waals surface area contributed by atoms with Crippen LogP contribution >= 0.6 is 0 Å². The summed E-state index contributed by atoms with van der Waals surface area (Å²) >= 11 is 0. The second-order valence-electron chi connectivity index (χ2n) is 5.65. The molecule has 0 aromatic carbocycles. The summed E-state index contributed by atoms with van der Waals surface area (Å²) in [7, 11) is 3.56. The zero-order chi connectivity index (χ0) is 13.1. The third kappa shape index (κ3) is 10.8. The highest BCUT2D eigenvalue weighted by Gasteiger charge is 2.10. The number of hydrogen-bond acceptors (Lipinski definition) is 2. The van der Waals surface area contributed by atoms with Crippen molar-refractivity contribution >= 4 is 0 Å². The van der Waals surface area contributed by atoms with Crippen LogP contribution < -0.4 is 0 Å². The third-order valence-electron chi connectivity index (χ3n) is 3.44. The molecule has 0 saturated carbocycles. The summed E-state index contributed by atoms with van der Waals surface area (Å²) in [5.41, 5.74) is 0. The first-order valence-corrected chi connectivity index (χ1v) is 7.11. The van der Waals surface area contributed by atoms with Crippen LogP contribution in [-0.2, 0) is 9.47 Å². The molecule has 0 rings (SSSR count). The van der Waals surface area contributed by atoms with Crippen molar-refractivity contribution in [2.75, 3.05) is 20.8 Å². The van der Waals surface area contributed by atoms with Gasteiger partial charge in [-0.15, -0.1) is 0 Å². The maximum Gasteiger partial charge on any atom is 0.0593 e. The Labute approximate surface area is 108 Å². The Bertz CT molecular complexity index is 157. The van der Waals surface area contributed by atoms with Crippen molar-refractivity contribution in [3.05, 3.63) is 0 Å². The van der Waals surface area contributed by atoms with Crippen LogP contribution in [0.1, 0.15) is 59.3 Å². The Morgan fingerprint density at radius 1 is 0.824 bits per heavy atom. The van der Waals surface area contributed by atoms with Crippen LogP contribution in [0.25, 0.3) is 0 Å². The van der Waals surface area contributed by atoms with E-state index in [0.29, 0.717) is 6.10 Å². The maximum atomic E-state index is 5.47. The minimum atomic E-state index is 0.377. The summed E-state index contributed by atoms with van der Waals surface area (Å²) in [6, 6.07) is 0. The van der Waals surface area contributed by atoms with Crippen LogP contribution in [0.4, 0.5) is 0 Å². The van der Waals surface area contributed by atoms with Crippen LogP contribution in [-0.4, -0.2) is 26.9 Å². The van der Waals surface area contributed by atoms with Crippen molar-refractivity contribution in [2.45, 2.75) is 65.4 Å². The molecule has 104 valence electrons. The molecule has 0 N–H and O–H groups in total. The molecule has 2 heteroatoms. The molecule has 2 atom stereocenters. The van der Waals surface area contributed by atoms with Crippen molar-refractivity contribution in [3.63, 3.8) is 0 Å². The number of hydrogen-bond donors (Lipinski definition) is 0. The maximum absolute atomic E-state index is 5.47. The summed E-state index contributed by atoms with van der Waals surface area (Å²) < 4.78 is 10.6. The zero-order valence-electron chi connectivity index (χ0n) is 12.5. The van der Waals surface area contributed by atoms with Gasteiger partial charge in [-0.25, -0.2) is 0 Å². The summed E-state index contributed by atoms with van der Waals surface area (Å²) in [5, 5.41) is 0. The predicted molar refractivity (Wildman–Crippen MR) is 74.4 cm³/mol. The first-order valence-electron chi connectivity index (χ1n) is 7.11. The van der Waals surface area contributed by atoms with Crippen molar-refractivity contribution in [1.29, 1.82) is 0 Å². The fourth-order valence-electron chi connectivity index (χ4n) is 2.12. The molecular weight excluding hydrogens is 212 g/mol. The average Bonchev–Trinajstić information content (AvgIpc) is 2.29. The quantitative estimate of drug-likeness (QED) is 0.540. The molecule has 0 bridgehead atoms. The van der Waals surface area contributed by atoms with Crippen LogP contribution in [0.3, 0.4) is 0 Å². The molecule has 0 spiro atoms. The van der Waals surface area contributed by atoms with Gasteiger partial charge in [0.2, 0.25) is 0 Å². The van der Waals surface area contributed by atoms with E-state index < -0.39 is 0 Å². The van der Waals surface area contributed by atoms with Gasteiger partial charge < -0.3 is 9.47 Å². The first-order chi connectivity index (χ1) is 8.10. The lowest BCUT2D eigenvalue weighted by Crippen LogP contribution is -2.14. The van der Waals surface area contributed by atoms with Gasteiger partial charge in [0, 0.05) is 20.8 Å². The number of ether oxygens (including phenoxy) is 2. The molecule has 0 saturated heterocycles. The predicted octanol–water partition coefficient (Wildman–Crippen LogP) is 4.28. The Hall–Kier alpha value is -0.0800. The van der Waals surface area contributed by atoms with Gasteiger partial charge in [0.05, 0.1) is 6.10 Å². The van der Waals surface area contributed by atoms with Crippen molar-refractivity contribution < 1.29 is 9.47 Å². The summed E-state index contributed by atoms with van der Waals surface area (Å²) in [6.07, 6.45) is 7.94. The highest BCUT2D eigenvalue weighted by molar-refractivity contribution is 4.62. The number of rotatable bonds is 11. The lowest BCUT2D eigenvalue weighted by molar-refractivity contribution is 0.0564. The smallest absolute Gasteiger partial charge is 0.0593 e. The molecule has 0 aromatic heterocycles. The Kier molecular flexibility index (Phi) is 11.0. The fourth-order valence-corrected chi connectivity index (χ4v) is 2.12. The van der Waals surface area contributed by atoms with Crippen LogP contribution in [0.15, 0.2) is 0 Å². The summed E-state index contributed by atoms with van der Waals surface area (Å²) in [5.74, 6) is 1.67. The van der Waals surface area contributed by atoms with Gasteiger partial charge in [0.1, 0.15) is 0 Å². The standard InChI is InChI=1S/C15H32O2/c1-13(2)7-6-8-14(3)9-10-15(17-5)11-12-16-4/h13-15H,6-12H2,1-5H3. The van der Waals surface area contributed by atoms with Gasteiger partial charge >= 0.3 is 0 Å². The van der Waals surface area contributed by atoms with Crippen LogP contribution in [0.2, 0.25) is 0 Å². The second kappa shape index (κ2) is 11.0. The van der Waals surface area contributed by atoms with E-state index in [1.807, 2.05) is 7.11 Å². The minimum Gasteiger partial charge on any atom is -0.385 e. The van der Waals surface area contributed by atoms with Gasteiger partial charge in [-0.2, -0.15) is 0 Å². The van der Waals surface area contributed by atoms with Crippen LogP contribution in [0, 0.1) is 11.8 Å². The molecule has 0 aliphatic carbocycles. The fraction of sp³-hybridized carbons (Fsp3) is 1.00. The van der Waals surface area contributed by atoms with E-state index in [0.717, 1.165) is 24.9 Å². The Morgan fingerprint density at radius 2 is 1.53 bits per heavy atom. The zero-order valence-corrected chi connectivity index (χ0v) is 12.5. The summed E-state index contributed by atoms with van der Waals surface area (Å²) in [6.45, 7) is 7.77. The lowest BCUT2D eigenvalue weighted by Gasteiger charge is -2.18. The van der Waals surface area contributed by atoms with E-state index in [2.05, 4.69) is 20.8 Å². The highest BCUT2D eigenvalue weighted by atomic mass is 16.5. The molecule has 0 amide bonds. The van der Waals surface area contributed by atoms with Crippen LogP contribution in [0.5, 0.6) is 0 Å². The molecule has 0 aromatic rings. The topological polar surface area (TPSA) is 18.5 Å². The van der Waals surface area contributed by atoms with E-state index >= 15 is 0 Å². The molecule has 2 nitrogen and oxygen atoms in total. The van der Waals surface area contributed by atoms with Crippen molar-refractivity contribution in [3.8, 4) is 0 Å². The Balaban J connectivity index is 3.55. The normalized spacial score (nSPS) is 15.2. The van der Waals surface area contributed by atoms with Gasteiger partial charge in [-0.1, -0.05) is 40.0 Å². The molecule has 2 unspecified atom stereocenters. The molecule has 0 radical (unpaired) electrons. The van der Waals surface area contributed by atoms with Gasteiger partial charge in [-0.05, 0) is 31.1 Å². The van der Waals surface area contributed by atoms with Crippen molar-refractivity contribution in [2.24, 2.45) is 11.8 Å². The first kappa shape index (κ1) is 16.9. The van der Waals surface area contributed by atoms with E-state index in [1.54, 1.807) is 7.11 Å².